The normalized spacial score (nSPS) is 12.6. The molecule has 0 bridgehead atoms. The Morgan fingerprint density at radius 3 is 2.89 bits per heavy atom. The van der Waals surface area contributed by atoms with Crippen LogP contribution in [0.4, 0.5) is 0 Å². The summed E-state index contributed by atoms with van der Waals surface area (Å²) in [5.41, 5.74) is 0. The van der Waals surface area contributed by atoms with Crippen LogP contribution in [0.3, 0.4) is 0 Å². The lowest BCUT2D eigenvalue weighted by molar-refractivity contribution is 0.517. The molecule has 0 fully saturated rings. The first-order valence-corrected chi connectivity index (χ1v) is 3.07. The first-order chi connectivity index (χ1) is 4.35. The number of nitrogens with one attached hydrogen (secondary N) is 1. The second-order valence-electron chi connectivity index (χ2n) is 1.78. The van der Waals surface area contributed by atoms with Crippen molar-refractivity contribution in [3.63, 3.8) is 0 Å². The molecule has 9 heavy (non-hydrogen) atoms. The summed E-state index contributed by atoms with van der Waals surface area (Å²) in [4.78, 5) is 10.0. The highest BCUT2D eigenvalue weighted by Crippen LogP contribution is 1.83. The van der Waals surface area contributed by atoms with Crippen molar-refractivity contribution >= 4 is 6.29 Å². The fraction of sp³-hybridized carbons (Fsp3) is 0.571. The molecule has 0 heterocycles. The van der Waals surface area contributed by atoms with Gasteiger partial charge >= 0.3 is 0 Å². The Kier molecular flexibility index (Phi) is 5.12. The van der Waals surface area contributed by atoms with Gasteiger partial charge in [-0.3, -0.25) is 4.79 Å². The van der Waals surface area contributed by atoms with Gasteiger partial charge in [0, 0.05) is 6.54 Å². The largest absolute Gasteiger partial charge is 0.304 e. The highest BCUT2D eigenvalue weighted by Gasteiger charge is 2.00. The molecular weight excluding hydrogens is 114 g/mol. The molecule has 0 spiro atoms. The van der Waals surface area contributed by atoms with E-state index in [1.165, 1.54) is 0 Å². The fourth-order valence-electron chi connectivity index (χ4n) is 0.495. The smallest absolute Gasteiger partial charge is 0.216 e. The van der Waals surface area contributed by atoms with Crippen LogP contribution in [0.1, 0.15) is 13.3 Å². The molecule has 0 aromatic rings. The molecule has 0 unspecified atom stereocenters. The maximum absolute atomic E-state index is 10.0. The number of hydrogen-bond acceptors (Lipinski definition) is 2. The summed E-state index contributed by atoms with van der Waals surface area (Å²) in [6, 6.07) is -0.122. The zero-order chi connectivity index (χ0) is 7.11. The molecule has 0 rings (SSSR count). The molecule has 0 aliphatic carbocycles. The van der Waals surface area contributed by atoms with Gasteiger partial charge in [-0.1, -0.05) is 13.0 Å². The molecule has 0 saturated heterocycles. The van der Waals surface area contributed by atoms with Crippen molar-refractivity contribution in [3.8, 4) is 0 Å². The molecule has 1 N–H and O–H groups in total. The van der Waals surface area contributed by atoms with E-state index in [9.17, 15) is 4.79 Å². The van der Waals surface area contributed by atoms with Crippen molar-refractivity contribution < 1.29 is 4.79 Å². The third kappa shape index (κ3) is 3.91. The van der Waals surface area contributed by atoms with Gasteiger partial charge in [0.05, 0.1) is 6.04 Å². The third-order valence-corrected chi connectivity index (χ3v) is 1.06. The predicted octanol–water partition coefficient (Wildman–Crippen LogP) is 0.650. The van der Waals surface area contributed by atoms with Crippen LogP contribution in [0.2, 0.25) is 0 Å². The van der Waals surface area contributed by atoms with E-state index >= 15 is 0 Å². The predicted molar refractivity (Wildman–Crippen MR) is 38.0 cm³/mol. The SMILES string of the molecule is C=CCN[C@H]([C]=O)CC. The number of carbonyl (C=O) groups excluding carboxylic acids is 1. The lowest BCUT2D eigenvalue weighted by atomic mass is 10.2. The highest BCUT2D eigenvalue weighted by molar-refractivity contribution is 5.58. The Balaban J connectivity index is 3.30. The van der Waals surface area contributed by atoms with Gasteiger partial charge in [0.25, 0.3) is 0 Å². The molecule has 0 aromatic heterocycles. The molecule has 0 aliphatic rings. The molecule has 0 saturated carbocycles. The van der Waals surface area contributed by atoms with E-state index in [4.69, 9.17) is 0 Å². The van der Waals surface area contributed by atoms with Gasteiger partial charge in [-0.25, -0.2) is 0 Å². The second-order valence-corrected chi connectivity index (χ2v) is 1.78. The molecule has 2 heteroatoms. The molecule has 2 nitrogen and oxygen atoms in total. The van der Waals surface area contributed by atoms with Crippen LogP contribution in [-0.2, 0) is 4.79 Å². The van der Waals surface area contributed by atoms with E-state index in [1.54, 1.807) is 6.08 Å². The fourth-order valence-corrected chi connectivity index (χ4v) is 0.495. The number of rotatable bonds is 5. The summed E-state index contributed by atoms with van der Waals surface area (Å²) in [6.07, 6.45) is 4.39. The van der Waals surface area contributed by atoms with Gasteiger partial charge in [0.2, 0.25) is 6.29 Å². The van der Waals surface area contributed by atoms with Crippen molar-refractivity contribution in [2.45, 2.75) is 19.4 Å². The summed E-state index contributed by atoms with van der Waals surface area (Å²) < 4.78 is 0. The first-order valence-electron chi connectivity index (χ1n) is 3.07. The van der Waals surface area contributed by atoms with Gasteiger partial charge in [0.15, 0.2) is 0 Å². The molecule has 51 valence electrons. The van der Waals surface area contributed by atoms with E-state index in [2.05, 4.69) is 11.9 Å². The first kappa shape index (κ1) is 8.37. The van der Waals surface area contributed by atoms with Gasteiger partial charge < -0.3 is 5.32 Å². The van der Waals surface area contributed by atoms with Crippen molar-refractivity contribution in [3.05, 3.63) is 12.7 Å². The van der Waals surface area contributed by atoms with E-state index in [0.29, 0.717) is 6.54 Å². The minimum atomic E-state index is -0.122. The van der Waals surface area contributed by atoms with Crippen molar-refractivity contribution in [1.82, 2.24) is 5.32 Å². The standard InChI is InChI=1S/C7H12NO/c1-3-5-8-7(4-2)6-9/h3,7-8H,1,4-5H2,2H3/t7-/m0/s1. The summed E-state index contributed by atoms with van der Waals surface area (Å²) in [7, 11) is 0. The average molecular weight is 126 g/mol. The molecule has 0 aromatic carbocycles. The van der Waals surface area contributed by atoms with E-state index < -0.39 is 0 Å². The number of hydrogen-bond donors (Lipinski definition) is 1. The summed E-state index contributed by atoms with van der Waals surface area (Å²) in [6.45, 7) is 6.12. The summed E-state index contributed by atoms with van der Waals surface area (Å²) >= 11 is 0. The lowest BCUT2D eigenvalue weighted by Crippen LogP contribution is -2.29. The minimum absolute atomic E-state index is 0.122. The zero-order valence-electron chi connectivity index (χ0n) is 5.68. The average Bonchev–Trinajstić information content (AvgIpc) is 1.91. The molecule has 1 atom stereocenters. The Labute approximate surface area is 56.0 Å². The van der Waals surface area contributed by atoms with Gasteiger partial charge in [-0.05, 0) is 6.42 Å². The monoisotopic (exact) mass is 126 g/mol. The van der Waals surface area contributed by atoms with E-state index in [1.807, 2.05) is 13.2 Å². The second kappa shape index (κ2) is 5.51. The van der Waals surface area contributed by atoms with Crippen LogP contribution in [-0.4, -0.2) is 18.9 Å². The molecule has 0 aliphatic heterocycles. The van der Waals surface area contributed by atoms with Crippen LogP contribution in [0.5, 0.6) is 0 Å². The quantitative estimate of drug-likeness (QED) is 0.548. The van der Waals surface area contributed by atoms with E-state index in [0.717, 1.165) is 6.42 Å². The van der Waals surface area contributed by atoms with Crippen LogP contribution in [0.15, 0.2) is 12.7 Å². The minimum Gasteiger partial charge on any atom is -0.304 e. The zero-order valence-corrected chi connectivity index (χ0v) is 5.68. The van der Waals surface area contributed by atoms with Crippen LogP contribution in [0, 0.1) is 0 Å². The Hall–Kier alpha value is -0.630. The van der Waals surface area contributed by atoms with Crippen molar-refractivity contribution in [1.29, 1.82) is 0 Å². The maximum atomic E-state index is 10.0. The van der Waals surface area contributed by atoms with Crippen LogP contribution >= 0.6 is 0 Å². The van der Waals surface area contributed by atoms with E-state index in [-0.39, 0.29) is 6.04 Å². The van der Waals surface area contributed by atoms with Crippen molar-refractivity contribution in [2.75, 3.05) is 6.54 Å². The summed E-state index contributed by atoms with van der Waals surface area (Å²) in [5.74, 6) is 0. The molecule has 1 radical (unpaired) electrons. The van der Waals surface area contributed by atoms with Gasteiger partial charge in [0.1, 0.15) is 0 Å². The van der Waals surface area contributed by atoms with Crippen molar-refractivity contribution in [2.24, 2.45) is 0 Å². The maximum Gasteiger partial charge on any atom is 0.216 e. The highest BCUT2D eigenvalue weighted by atomic mass is 16.1. The molecule has 0 amide bonds. The summed E-state index contributed by atoms with van der Waals surface area (Å²) in [5, 5.41) is 2.93. The molecular formula is C7H12NO. The van der Waals surface area contributed by atoms with Gasteiger partial charge in [-0.15, -0.1) is 6.58 Å². The Bertz CT molecular complexity index is 90.9. The topological polar surface area (TPSA) is 29.1 Å². The van der Waals surface area contributed by atoms with Crippen LogP contribution < -0.4 is 5.32 Å². The van der Waals surface area contributed by atoms with Crippen LogP contribution in [0.25, 0.3) is 0 Å². The lowest BCUT2D eigenvalue weighted by Gasteiger charge is -2.04. The Morgan fingerprint density at radius 1 is 1.89 bits per heavy atom. The van der Waals surface area contributed by atoms with Gasteiger partial charge in [-0.2, -0.15) is 0 Å². The Morgan fingerprint density at radius 2 is 2.56 bits per heavy atom. The third-order valence-electron chi connectivity index (χ3n) is 1.06.